The first-order valence-corrected chi connectivity index (χ1v) is 8.84. The molecule has 1 heterocycles. The molecule has 0 amide bonds. The van der Waals surface area contributed by atoms with Crippen molar-refractivity contribution in [1.82, 2.24) is 9.62 Å². The summed E-state index contributed by atoms with van der Waals surface area (Å²) in [5.41, 5.74) is 2.27. The van der Waals surface area contributed by atoms with Crippen LogP contribution in [0.15, 0.2) is 59.5 Å². The molecule has 0 unspecified atom stereocenters. The van der Waals surface area contributed by atoms with Crippen molar-refractivity contribution in [1.29, 1.82) is 0 Å². The second kappa shape index (κ2) is 6.20. The van der Waals surface area contributed by atoms with Gasteiger partial charge in [-0.15, -0.1) is 0 Å². The molecular weight excluding hydrogens is 296 g/mol. The summed E-state index contributed by atoms with van der Waals surface area (Å²) in [7, 11) is -3.41. The van der Waals surface area contributed by atoms with Crippen LogP contribution in [0.1, 0.15) is 11.1 Å². The lowest BCUT2D eigenvalue weighted by Crippen LogP contribution is -2.30. The number of nitrogens with one attached hydrogen (secondary N) is 1. The topological polar surface area (TPSA) is 49.4 Å². The molecule has 2 aromatic carbocycles. The van der Waals surface area contributed by atoms with Crippen molar-refractivity contribution in [2.24, 2.45) is 0 Å². The van der Waals surface area contributed by atoms with Gasteiger partial charge in [-0.1, -0.05) is 48.0 Å². The van der Waals surface area contributed by atoms with Crippen LogP contribution in [0.4, 0.5) is 0 Å². The van der Waals surface area contributed by atoms with Gasteiger partial charge in [0.1, 0.15) is 0 Å². The molecule has 3 rings (SSSR count). The quantitative estimate of drug-likeness (QED) is 0.940. The maximum atomic E-state index is 12.6. The molecule has 22 heavy (non-hydrogen) atoms. The molecular formula is C17H20N2O2S. The molecule has 1 saturated heterocycles. The Balaban J connectivity index is 1.70. The van der Waals surface area contributed by atoms with Gasteiger partial charge >= 0.3 is 0 Å². The predicted molar refractivity (Wildman–Crippen MR) is 87.0 cm³/mol. The molecule has 1 atom stereocenters. The predicted octanol–water partition coefficient (Wildman–Crippen LogP) is 2.16. The van der Waals surface area contributed by atoms with Crippen LogP contribution in [0.3, 0.4) is 0 Å². The number of hydrogen-bond donors (Lipinski definition) is 1. The highest BCUT2D eigenvalue weighted by atomic mass is 32.2. The Kier molecular flexibility index (Phi) is 4.29. The maximum absolute atomic E-state index is 12.6. The van der Waals surface area contributed by atoms with Gasteiger partial charge in [-0.3, -0.25) is 5.32 Å². The van der Waals surface area contributed by atoms with Gasteiger partial charge in [-0.25, -0.2) is 8.42 Å². The molecule has 1 aliphatic heterocycles. The van der Waals surface area contributed by atoms with E-state index in [2.05, 4.69) is 17.4 Å². The third-order valence-corrected chi connectivity index (χ3v) is 5.79. The second-order valence-corrected chi connectivity index (χ2v) is 7.64. The number of nitrogens with zero attached hydrogens (tertiary/aromatic N) is 1. The summed E-state index contributed by atoms with van der Waals surface area (Å²) in [5, 5.41) is 3.29. The highest BCUT2D eigenvalue weighted by Crippen LogP contribution is 2.19. The van der Waals surface area contributed by atoms with E-state index in [0.29, 0.717) is 18.1 Å². The van der Waals surface area contributed by atoms with Crippen LogP contribution in [0.25, 0.3) is 0 Å². The molecule has 116 valence electrons. The number of aryl methyl sites for hydroxylation is 1. The summed E-state index contributed by atoms with van der Waals surface area (Å²) in [5.74, 6) is 0. The van der Waals surface area contributed by atoms with E-state index in [0.717, 1.165) is 12.0 Å². The number of sulfonamides is 1. The maximum Gasteiger partial charge on any atom is 0.244 e. The SMILES string of the molecule is Cc1ccc(S(=O)(=O)N2CN[C@H](Cc3ccccc3)C2)cc1. The summed E-state index contributed by atoms with van der Waals surface area (Å²) in [6.07, 6.45) is 0.834. The van der Waals surface area contributed by atoms with E-state index in [9.17, 15) is 8.42 Å². The Bertz CT molecular complexity index is 727. The normalized spacial score (nSPS) is 19.4. The van der Waals surface area contributed by atoms with E-state index in [1.807, 2.05) is 37.3 Å². The lowest BCUT2D eigenvalue weighted by Gasteiger charge is -2.15. The van der Waals surface area contributed by atoms with Crippen molar-refractivity contribution in [3.05, 3.63) is 65.7 Å². The summed E-state index contributed by atoms with van der Waals surface area (Å²) >= 11 is 0. The molecule has 1 aliphatic rings. The zero-order valence-electron chi connectivity index (χ0n) is 12.6. The molecule has 0 bridgehead atoms. The van der Waals surface area contributed by atoms with Gasteiger partial charge in [0, 0.05) is 12.6 Å². The van der Waals surface area contributed by atoms with Crippen LogP contribution in [-0.2, 0) is 16.4 Å². The Hall–Kier alpha value is -1.69. The largest absolute Gasteiger partial charge is 0.299 e. The Morgan fingerprint density at radius 2 is 1.77 bits per heavy atom. The first kappa shape index (κ1) is 15.2. The Labute approximate surface area is 131 Å². The van der Waals surface area contributed by atoms with Crippen molar-refractivity contribution < 1.29 is 8.42 Å². The Morgan fingerprint density at radius 1 is 1.09 bits per heavy atom. The highest BCUT2D eigenvalue weighted by Gasteiger charge is 2.32. The zero-order valence-corrected chi connectivity index (χ0v) is 13.4. The third kappa shape index (κ3) is 3.21. The minimum Gasteiger partial charge on any atom is -0.299 e. The van der Waals surface area contributed by atoms with Gasteiger partial charge in [0.05, 0.1) is 11.6 Å². The van der Waals surface area contributed by atoms with Crippen molar-refractivity contribution in [2.45, 2.75) is 24.3 Å². The molecule has 0 spiro atoms. The molecule has 0 saturated carbocycles. The van der Waals surface area contributed by atoms with Crippen LogP contribution in [0, 0.1) is 6.92 Å². The van der Waals surface area contributed by atoms with Gasteiger partial charge in [-0.05, 0) is 31.0 Å². The van der Waals surface area contributed by atoms with Crippen LogP contribution in [0.5, 0.6) is 0 Å². The first-order chi connectivity index (χ1) is 10.6. The standard InChI is InChI=1S/C17H20N2O2S/c1-14-7-9-17(10-8-14)22(20,21)19-12-16(18-13-19)11-15-5-3-2-4-6-15/h2-10,16,18H,11-13H2,1H3/t16-/m1/s1. The molecule has 0 aromatic heterocycles. The van der Waals surface area contributed by atoms with Gasteiger partial charge in [-0.2, -0.15) is 4.31 Å². The van der Waals surface area contributed by atoms with E-state index in [-0.39, 0.29) is 6.04 Å². The second-order valence-electron chi connectivity index (χ2n) is 5.70. The third-order valence-electron chi connectivity index (χ3n) is 3.96. The van der Waals surface area contributed by atoms with Crippen LogP contribution >= 0.6 is 0 Å². The first-order valence-electron chi connectivity index (χ1n) is 7.40. The van der Waals surface area contributed by atoms with Crippen molar-refractivity contribution in [3.8, 4) is 0 Å². The minimum atomic E-state index is -3.41. The van der Waals surface area contributed by atoms with Gasteiger partial charge < -0.3 is 0 Å². The van der Waals surface area contributed by atoms with Crippen LogP contribution in [-0.4, -0.2) is 32.0 Å². The average Bonchev–Trinajstić information content (AvgIpc) is 2.98. The monoisotopic (exact) mass is 316 g/mol. The fourth-order valence-electron chi connectivity index (χ4n) is 2.68. The number of rotatable bonds is 4. The fraction of sp³-hybridized carbons (Fsp3) is 0.294. The lowest BCUT2D eigenvalue weighted by atomic mass is 10.1. The van der Waals surface area contributed by atoms with E-state index in [4.69, 9.17) is 0 Å². The summed E-state index contributed by atoms with van der Waals surface area (Å²) in [4.78, 5) is 0.361. The molecule has 0 radical (unpaired) electrons. The number of hydrogen-bond acceptors (Lipinski definition) is 3. The molecule has 2 aromatic rings. The molecule has 1 N–H and O–H groups in total. The number of benzene rings is 2. The van der Waals surface area contributed by atoms with E-state index in [1.54, 1.807) is 12.1 Å². The van der Waals surface area contributed by atoms with Gasteiger partial charge in [0.15, 0.2) is 0 Å². The highest BCUT2D eigenvalue weighted by molar-refractivity contribution is 7.89. The van der Waals surface area contributed by atoms with E-state index in [1.165, 1.54) is 9.87 Å². The average molecular weight is 316 g/mol. The summed E-state index contributed by atoms with van der Waals surface area (Å²) in [6.45, 7) is 2.82. The van der Waals surface area contributed by atoms with Crippen LogP contribution < -0.4 is 5.32 Å². The molecule has 1 fully saturated rings. The molecule has 5 heteroatoms. The molecule has 4 nitrogen and oxygen atoms in total. The summed E-state index contributed by atoms with van der Waals surface area (Å²) < 4.78 is 26.8. The fourth-order valence-corrected chi connectivity index (χ4v) is 4.08. The van der Waals surface area contributed by atoms with Crippen LogP contribution in [0.2, 0.25) is 0 Å². The smallest absolute Gasteiger partial charge is 0.244 e. The minimum absolute atomic E-state index is 0.155. The van der Waals surface area contributed by atoms with Gasteiger partial charge in [0.25, 0.3) is 0 Å². The summed E-state index contributed by atoms with van der Waals surface area (Å²) in [6, 6.07) is 17.3. The van der Waals surface area contributed by atoms with Gasteiger partial charge in [0.2, 0.25) is 10.0 Å². The van der Waals surface area contributed by atoms with Crippen molar-refractivity contribution >= 4 is 10.0 Å². The molecule has 0 aliphatic carbocycles. The Morgan fingerprint density at radius 3 is 2.45 bits per heavy atom. The lowest BCUT2D eigenvalue weighted by molar-refractivity contribution is 0.469. The zero-order chi connectivity index (χ0) is 15.6. The van der Waals surface area contributed by atoms with E-state index >= 15 is 0 Å². The van der Waals surface area contributed by atoms with Crippen molar-refractivity contribution in [2.75, 3.05) is 13.2 Å². The van der Waals surface area contributed by atoms with Crippen molar-refractivity contribution in [3.63, 3.8) is 0 Å². The van der Waals surface area contributed by atoms with E-state index < -0.39 is 10.0 Å².